The van der Waals surface area contributed by atoms with Crippen LogP contribution in [-0.2, 0) is 14.4 Å². The van der Waals surface area contributed by atoms with Crippen LogP contribution in [0.3, 0.4) is 0 Å². The van der Waals surface area contributed by atoms with Crippen LogP contribution in [-0.4, -0.2) is 34.6 Å². The number of aryl methyl sites for hydroxylation is 1. The Hall–Kier alpha value is -4.67. The number of thiazole rings is 1. The van der Waals surface area contributed by atoms with Crippen molar-refractivity contribution in [3.63, 3.8) is 0 Å². The van der Waals surface area contributed by atoms with E-state index in [0.29, 0.717) is 32.6 Å². The molecule has 4 aromatic carbocycles. The molecule has 7 rings (SSSR count). The number of imide groups is 1. The molecule has 3 unspecified atom stereocenters. The Kier molecular flexibility index (Phi) is 6.87. The molecule has 2 aliphatic heterocycles. The van der Waals surface area contributed by atoms with E-state index in [9.17, 15) is 19.2 Å². The Bertz CT molecular complexity index is 1970. The zero-order valence-corrected chi connectivity index (χ0v) is 24.5. The molecule has 43 heavy (non-hydrogen) atoms. The second kappa shape index (κ2) is 10.9. The number of amides is 3. The highest BCUT2D eigenvalue weighted by Gasteiger charge is 2.56. The Labute approximate surface area is 254 Å². The minimum atomic E-state index is -0.756. The summed E-state index contributed by atoms with van der Waals surface area (Å²) in [6.07, 6.45) is 0. The van der Waals surface area contributed by atoms with E-state index in [-0.39, 0.29) is 29.2 Å². The number of anilines is 2. The number of benzene rings is 4. The number of rotatable bonds is 6. The molecule has 8 nitrogen and oxygen atoms in total. The van der Waals surface area contributed by atoms with Crippen molar-refractivity contribution in [1.82, 2.24) is 4.98 Å². The normalized spacial score (nSPS) is 19.3. The molecule has 0 radical (unpaired) electrons. The molecule has 10 heteroatoms. The van der Waals surface area contributed by atoms with E-state index < -0.39 is 17.1 Å². The SMILES string of the molecule is Cc1ccc(N2C(=O)C3Sc4[nH]c(=O)sc4C(c4ccccc4OCC(=O)Nc4ccc5ccccc5c4)C3C2=O)cc1. The lowest BCUT2D eigenvalue weighted by atomic mass is 9.82. The summed E-state index contributed by atoms with van der Waals surface area (Å²) in [6, 6.07) is 28.0. The van der Waals surface area contributed by atoms with Gasteiger partial charge in [-0.25, -0.2) is 4.90 Å². The van der Waals surface area contributed by atoms with Gasteiger partial charge in [0.05, 0.1) is 16.6 Å². The van der Waals surface area contributed by atoms with Gasteiger partial charge in [-0.2, -0.15) is 0 Å². The average Bonchev–Trinajstić information content (AvgIpc) is 3.50. The van der Waals surface area contributed by atoms with Gasteiger partial charge in [0.1, 0.15) is 11.0 Å². The molecule has 0 bridgehead atoms. The van der Waals surface area contributed by atoms with Crippen LogP contribution in [0.1, 0.15) is 21.9 Å². The van der Waals surface area contributed by atoms with Gasteiger partial charge in [-0.15, -0.1) is 0 Å². The van der Waals surface area contributed by atoms with Crippen LogP contribution in [0.4, 0.5) is 11.4 Å². The summed E-state index contributed by atoms with van der Waals surface area (Å²) >= 11 is 2.26. The van der Waals surface area contributed by atoms with Gasteiger partial charge in [0, 0.05) is 22.0 Å². The molecule has 0 aliphatic carbocycles. The summed E-state index contributed by atoms with van der Waals surface area (Å²) < 4.78 is 6.06. The Morgan fingerprint density at radius 1 is 0.907 bits per heavy atom. The van der Waals surface area contributed by atoms with Crippen LogP contribution in [0, 0.1) is 12.8 Å². The van der Waals surface area contributed by atoms with Crippen molar-refractivity contribution in [3.05, 3.63) is 117 Å². The van der Waals surface area contributed by atoms with E-state index in [2.05, 4.69) is 10.3 Å². The smallest absolute Gasteiger partial charge is 0.305 e. The molecule has 1 saturated heterocycles. The van der Waals surface area contributed by atoms with Crippen molar-refractivity contribution >= 4 is 63.0 Å². The van der Waals surface area contributed by atoms with E-state index in [0.717, 1.165) is 27.7 Å². The van der Waals surface area contributed by atoms with Crippen molar-refractivity contribution < 1.29 is 19.1 Å². The summed E-state index contributed by atoms with van der Waals surface area (Å²) in [6.45, 7) is 1.68. The zero-order valence-electron chi connectivity index (χ0n) is 22.9. The molecular weight excluding hydrogens is 583 g/mol. The van der Waals surface area contributed by atoms with E-state index >= 15 is 0 Å². The Morgan fingerprint density at radius 3 is 2.47 bits per heavy atom. The minimum absolute atomic E-state index is 0.258. The average molecular weight is 608 g/mol. The molecule has 1 aromatic heterocycles. The quantitative estimate of drug-likeness (QED) is 0.240. The Morgan fingerprint density at radius 2 is 1.65 bits per heavy atom. The minimum Gasteiger partial charge on any atom is -0.483 e. The molecule has 3 amide bonds. The first-order valence-corrected chi connectivity index (χ1v) is 15.4. The highest BCUT2D eigenvalue weighted by molar-refractivity contribution is 8.00. The number of para-hydroxylation sites is 1. The van der Waals surface area contributed by atoms with Gasteiger partial charge < -0.3 is 15.0 Å². The highest BCUT2D eigenvalue weighted by Crippen LogP contribution is 2.54. The van der Waals surface area contributed by atoms with Gasteiger partial charge >= 0.3 is 4.87 Å². The number of aromatic nitrogens is 1. The maximum absolute atomic E-state index is 14.0. The summed E-state index contributed by atoms with van der Waals surface area (Å²) in [5.41, 5.74) is 2.82. The van der Waals surface area contributed by atoms with Gasteiger partial charge in [0.2, 0.25) is 11.8 Å². The number of fused-ring (bicyclic) bond motifs is 3. The topological polar surface area (TPSA) is 109 Å². The fraction of sp³-hybridized carbons (Fsp3) is 0.152. The van der Waals surface area contributed by atoms with Crippen molar-refractivity contribution in [3.8, 4) is 5.75 Å². The lowest BCUT2D eigenvalue weighted by Gasteiger charge is -2.30. The second-order valence-corrected chi connectivity index (χ2v) is 12.7. The molecular formula is C33H25N3O5S2. The highest BCUT2D eigenvalue weighted by atomic mass is 32.2. The number of H-pyrrole nitrogens is 1. The monoisotopic (exact) mass is 607 g/mol. The van der Waals surface area contributed by atoms with Crippen LogP contribution in [0.25, 0.3) is 10.8 Å². The zero-order chi connectivity index (χ0) is 29.7. The Balaban J connectivity index is 1.19. The first-order chi connectivity index (χ1) is 20.9. The van der Waals surface area contributed by atoms with Crippen molar-refractivity contribution in [2.75, 3.05) is 16.8 Å². The largest absolute Gasteiger partial charge is 0.483 e. The van der Waals surface area contributed by atoms with Gasteiger partial charge in [0.25, 0.3) is 5.91 Å². The van der Waals surface area contributed by atoms with Crippen LogP contribution in [0.5, 0.6) is 5.75 Å². The molecule has 3 atom stereocenters. The fourth-order valence-corrected chi connectivity index (χ4v) is 8.28. The maximum atomic E-state index is 14.0. The number of thioether (sulfide) groups is 1. The van der Waals surface area contributed by atoms with Gasteiger partial charge in [0.15, 0.2) is 6.61 Å². The van der Waals surface area contributed by atoms with E-state index in [1.165, 1.54) is 16.7 Å². The third kappa shape index (κ3) is 4.92. The number of ether oxygens (including phenoxy) is 1. The summed E-state index contributed by atoms with van der Waals surface area (Å²) in [5.74, 6) is -1.95. The number of aromatic amines is 1. The van der Waals surface area contributed by atoms with E-state index in [1.807, 2.05) is 73.7 Å². The number of hydrogen-bond acceptors (Lipinski definition) is 7. The molecule has 0 saturated carbocycles. The number of hydrogen-bond donors (Lipinski definition) is 2. The summed E-state index contributed by atoms with van der Waals surface area (Å²) in [4.78, 5) is 57.6. The lowest BCUT2D eigenvalue weighted by molar-refractivity contribution is -0.122. The van der Waals surface area contributed by atoms with Crippen molar-refractivity contribution in [2.24, 2.45) is 5.92 Å². The number of carbonyl (C=O) groups is 3. The third-order valence-corrected chi connectivity index (χ3v) is 10.2. The second-order valence-electron chi connectivity index (χ2n) is 10.5. The maximum Gasteiger partial charge on any atom is 0.305 e. The molecule has 5 aromatic rings. The fourth-order valence-electron chi connectivity index (χ4n) is 5.78. The standard InChI is InChI=1S/C33H25N3O5S2/c1-18-10-14-22(15-11-18)36-31(38)27-26(28-30(35-33(40)43-28)42-29(27)32(36)39)23-8-4-5-9-24(23)41-17-25(37)34-21-13-12-19-6-2-3-7-20(19)16-21/h2-16,26-27,29H,17H2,1H3,(H,34,37)(H,35,40). The molecule has 2 aliphatic rings. The lowest BCUT2D eigenvalue weighted by Crippen LogP contribution is -2.32. The molecule has 0 spiro atoms. The summed E-state index contributed by atoms with van der Waals surface area (Å²) in [5, 5.41) is 4.82. The van der Waals surface area contributed by atoms with Crippen LogP contribution >= 0.6 is 23.1 Å². The third-order valence-electron chi connectivity index (χ3n) is 7.76. The molecule has 214 valence electrons. The predicted octanol–water partition coefficient (Wildman–Crippen LogP) is 5.71. The molecule has 3 heterocycles. The van der Waals surface area contributed by atoms with Crippen molar-refractivity contribution in [2.45, 2.75) is 23.1 Å². The van der Waals surface area contributed by atoms with Crippen molar-refractivity contribution in [1.29, 1.82) is 0 Å². The molecule has 2 N–H and O–H groups in total. The van der Waals surface area contributed by atoms with Gasteiger partial charge in [-0.1, -0.05) is 89.3 Å². The number of nitrogens with zero attached hydrogens (tertiary/aromatic N) is 1. The summed E-state index contributed by atoms with van der Waals surface area (Å²) in [7, 11) is 0. The number of carbonyl (C=O) groups excluding carboxylic acids is 3. The predicted molar refractivity (Wildman–Crippen MR) is 168 cm³/mol. The van der Waals surface area contributed by atoms with Crippen LogP contribution in [0.15, 0.2) is 101 Å². The van der Waals surface area contributed by atoms with Gasteiger partial charge in [-0.3, -0.25) is 19.2 Å². The van der Waals surface area contributed by atoms with E-state index in [1.54, 1.807) is 24.3 Å². The number of nitrogens with one attached hydrogen (secondary N) is 2. The van der Waals surface area contributed by atoms with Gasteiger partial charge in [-0.05, 0) is 48.0 Å². The van der Waals surface area contributed by atoms with E-state index in [4.69, 9.17) is 4.74 Å². The van der Waals surface area contributed by atoms with Crippen LogP contribution in [0.2, 0.25) is 0 Å². The molecule has 1 fully saturated rings. The first-order valence-electron chi connectivity index (χ1n) is 13.7. The first kappa shape index (κ1) is 27.2. The van der Waals surface area contributed by atoms with Crippen LogP contribution < -0.4 is 19.8 Å².